The molecule has 2 aliphatic heterocycles. The molecule has 3 fully saturated rings. The monoisotopic (exact) mass is 680 g/mol. The van der Waals surface area contributed by atoms with Crippen molar-refractivity contribution in [1.29, 1.82) is 0 Å². The Morgan fingerprint density at radius 3 is 2.49 bits per heavy atom. The molecule has 1 unspecified atom stereocenters. The third-order valence-corrected chi connectivity index (χ3v) is 9.61. The van der Waals surface area contributed by atoms with Gasteiger partial charge in [0.2, 0.25) is 11.8 Å². The minimum atomic E-state index is -4.61. The molecular weight excluding hydrogens is 640 g/mol. The van der Waals surface area contributed by atoms with E-state index in [0.29, 0.717) is 16.8 Å². The second kappa shape index (κ2) is 14.1. The maximum absolute atomic E-state index is 13.9. The number of benzene rings is 2. The number of likely N-dealkylation sites (N-methyl/N-ethyl adjacent to an activating group) is 1. The Morgan fingerprint density at radius 1 is 1.02 bits per heavy atom. The molecule has 260 valence electrons. The van der Waals surface area contributed by atoms with Gasteiger partial charge in [-0.1, -0.05) is 24.3 Å². The number of pyridine rings is 1. The van der Waals surface area contributed by atoms with Crippen LogP contribution in [0.25, 0.3) is 17.0 Å². The highest BCUT2D eigenvalue weighted by atomic mass is 19.4. The molecular formula is C36H40F4N6O3. The molecule has 3 heterocycles. The van der Waals surface area contributed by atoms with E-state index in [4.69, 9.17) is 0 Å². The third kappa shape index (κ3) is 8.21. The normalized spacial score (nSPS) is 20.9. The Hall–Kier alpha value is -4.52. The van der Waals surface area contributed by atoms with Crippen LogP contribution in [0.1, 0.15) is 53.8 Å². The van der Waals surface area contributed by atoms with Crippen LogP contribution in [-0.2, 0) is 9.59 Å². The smallest absolute Gasteiger partial charge is 0.369 e. The molecule has 3 aromatic rings. The molecule has 1 saturated carbocycles. The molecule has 1 aliphatic carbocycles. The van der Waals surface area contributed by atoms with E-state index in [2.05, 4.69) is 50.7 Å². The van der Waals surface area contributed by atoms with E-state index < -0.39 is 67.2 Å². The van der Waals surface area contributed by atoms with Crippen molar-refractivity contribution in [2.45, 2.75) is 44.4 Å². The number of hydrogen-bond acceptors (Lipinski definition) is 6. The zero-order chi connectivity index (χ0) is 34.9. The van der Waals surface area contributed by atoms with Crippen LogP contribution in [0.3, 0.4) is 0 Å². The standard InChI is InChI=1S/C36H40F4N6O3/c1-22(29-10-9-28(45-15-13-44(2)14-16-45)18-24(29)6-5-23-3-4-23)42-35(49)32-19-26(36(38,39)40)21-46(32)33(47)20-41-34(48)31-11-7-25-17-27(37)8-12-30(25)43-31/h5-12,17-18,22-23,26,32H,3-4,13-16,19-21H2,1-2H3,(H,41,48)(H,42,49)/b6-5+/t22-,26?,32-/m0/s1. The summed E-state index contributed by atoms with van der Waals surface area (Å²) in [5.74, 6) is -4.07. The molecule has 0 spiro atoms. The van der Waals surface area contributed by atoms with Gasteiger partial charge in [-0.2, -0.15) is 13.2 Å². The molecule has 0 radical (unpaired) electrons. The van der Waals surface area contributed by atoms with Crippen LogP contribution in [0.2, 0.25) is 0 Å². The molecule has 2 saturated heterocycles. The van der Waals surface area contributed by atoms with Gasteiger partial charge in [0, 0.05) is 43.8 Å². The number of fused-ring (bicyclic) bond motifs is 1. The molecule has 1 aromatic heterocycles. The fraction of sp³-hybridized carbons (Fsp3) is 0.444. The van der Waals surface area contributed by atoms with Crippen LogP contribution in [0.15, 0.2) is 54.6 Å². The maximum Gasteiger partial charge on any atom is 0.393 e. The van der Waals surface area contributed by atoms with Crippen molar-refractivity contribution in [3.63, 3.8) is 0 Å². The van der Waals surface area contributed by atoms with Gasteiger partial charge in [0.15, 0.2) is 0 Å². The summed E-state index contributed by atoms with van der Waals surface area (Å²) in [5.41, 5.74) is 3.14. The van der Waals surface area contributed by atoms with E-state index in [1.54, 1.807) is 6.92 Å². The SMILES string of the molecule is C[C@H](NC(=O)[C@@H]1CC(C(F)(F)F)CN1C(=O)CNC(=O)c1ccc2cc(F)ccc2n1)c1ccc(N2CCN(C)CC2)cc1/C=C/C1CC1. The van der Waals surface area contributed by atoms with E-state index in [1.165, 1.54) is 30.3 Å². The van der Waals surface area contributed by atoms with Crippen LogP contribution in [0.4, 0.5) is 23.2 Å². The Labute approximate surface area is 282 Å². The fourth-order valence-corrected chi connectivity index (χ4v) is 6.45. The molecule has 2 aromatic carbocycles. The third-order valence-electron chi connectivity index (χ3n) is 9.61. The topological polar surface area (TPSA) is 97.9 Å². The zero-order valence-corrected chi connectivity index (χ0v) is 27.5. The van der Waals surface area contributed by atoms with Gasteiger partial charge in [0.25, 0.3) is 5.91 Å². The lowest BCUT2D eigenvalue weighted by atomic mass is 9.98. The van der Waals surface area contributed by atoms with Crippen LogP contribution in [0, 0.1) is 17.7 Å². The molecule has 0 bridgehead atoms. The molecule has 49 heavy (non-hydrogen) atoms. The number of rotatable bonds is 9. The van der Waals surface area contributed by atoms with Crippen LogP contribution >= 0.6 is 0 Å². The predicted molar refractivity (Wildman–Crippen MR) is 178 cm³/mol. The number of nitrogens with zero attached hydrogens (tertiary/aromatic N) is 4. The summed E-state index contributed by atoms with van der Waals surface area (Å²) in [6.45, 7) is 4.13. The summed E-state index contributed by atoms with van der Waals surface area (Å²) in [6, 6.07) is 10.9. The number of nitrogens with one attached hydrogen (secondary N) is 2. The molecule has 3 aliphatic rings. The Morgan fingerprint density at radius 2 is 1.78 bits per heavy atom. The largest absolute Gasteiger partial charge is 0.393 e. The van der Waals surface area contributed by atoms with E-state index in [1.807, 2.05) is 12.1 Å². The van der Waals surface area contributed by atoms with Gasteiger partial charge in [0.1, 0.15) is 17.6 Å². The summed E-state index contributed by atoms with van der Waals surface area (Å²) in [6.07, 6.45) is 1.28. The number of aromatic nitrogens is 1. The number of halogens is 4. The average molecular weight is 681 g/mol. The van der Waals surface area contributed by atoms with Gasteiger partial charge < -0.3 is 25.3 Å². The molecule has 2 N–H and O–H groups in total. The predicted octanol–water partition coefficient (Wildman–Crippen LogP) is 4.94. The van der Waals surface area contributed by atoms with Gasteiger partial charge in [-0.3, -0.25) is 14.4 Å². The molecule has 3 atom stereocenters. The van der Waals surface area contributed by atoms with Crippen molar-refractivity contribution in [2.24, 2.45) is 11.8 Å². The summed E-state index contributed by atoms with van der Waals surface area (Å²) in [7, 11) is 2.09. The van der Waals surface area contributed by atoms with E-state index >= 15 is 0 Å². The van der Waals surface area contributed by atoms with Crippen LogP contribution in [-0.4, -0.2) is 91.0 Å². The minimum Gasteiger partial charge on any atom is -0.369 e. The highest BCUT2D eigenvalue weighted by molar-refractivity contribution is 5.97. The van der Waals surface area contributed by atoms with Gasteiger partial charge in [-0.05, 0) is 86.7 Å². The van der Waals surface area contributed by atoms with Crippen molar-refractivity contribution < 1.29 is 31.9 Å². The Kier molecular flexibility index (Phi) is 9.91. The lowest BCUT2D eigenvalue weighted by Gasteiger charge is -2.34. The molecule has 6 rings (SSSR count). The lowest BCUT2D eigenvalue weighted by molar-refractivity contribution is -0.171. The van der Waals surface area contributed by atoms with Gasteiger partial charge in [-0.25, -0.2) is 9.37 Å². The highest BCUT2D eigenvalue weighted by Gasteiger charge is 2.51. The second-order valence-corrected chi connectivity index (χ2v) is 13.3. The van der Waals surface area contributed by atoms with Crippen molar-refractivity contribution >= 4 is 40.4 Å². The summed E-state index contributed by atoms with van der Waals surface area (Å²) in [4.78, 5) is 49.4. The number of allylic oxidation sites excluding steroid dienone is 1. The van der Waals surface area contributed by atoms with Crippen LogP contribution in [0.5, 0.6) is 0 Å². The number of alkyl halides is 3. The first kappa shape index (κ1) is 34.3. The average Bonchev–Trinajstić information content (AvgIpc) is 3.79. The molecule has 9 nitrogen and oxygen atoms in total. The Bertz CT molecular complexity index is 1750. The fourth-order valence-electron chi connectivity index (χ4n) is 6.45. The number of amides is 3. The number of piperazine rings is 1. The summed E-state index contributed by atoms with van der Waals surface area (Å²) in [5, 5.41) is 5.76. The number of anilines is 1. The van der Waals surface area contributed by atoms with Crippen LogP contribution < -0.4 is 15.5 Å². The van der Waals surface area contributed by atoms with E-state index in [9.17, 15) is 31.9 Å². The zero-order valence-electron chi connectivity index (χ0n) is 27.5. The first-order chi connectivity index (χ1) is 23.4. The first-order valence-corrected chi connectivity index (χ1v) is 16.6. The van der Waals surface area contributed by atoms with E-state index in [-0.39, 0.29) is 5.69 Å². The lowest BCUT2D eigenvalue weighted by Crippen LogP contribution is -2.49. The summed E-state index contributed by atoms with van der Waals surface area (Å²) >= 11 is 0. The van der Waals surface area contributed by atoms with Gasteiger partial charge in [-0.15, -0.1) is 0 Å². The molecule has 3 amide bonds. The van der Waals surface area contributed by atoms with Crippen molar-refractivity contribution in [3.05, 3.63) is 77.2 Å². The first-order valence-electron chi connectivity index (χ1n) is 16.6. The number of carbonyl (C=O) groups excluding carboxylic acids is 3. The van der Waals surface area contributed by atoms with Gasteiger partial charge >= 0.3 is 6.18 Å². The van der Waals surface area contributed by atoms with Gasteiger partial charge in [0.05, 0.1) is 24.0 Å². The van der Waals surface area contributed by atoms with E-state index in [0.717, 1.165) is 60.7 Å². The van der Waals surface area contributed by atoms with Crippen molar-refractivity contribution in [2.75, 3.05) is 51.2 Å². The minimum absolute atomic E-state index is 0.0465. The number of likely N-dealkylation sites (tertiary alicyclic amines) is 1. The second-order valence-electron chi connectivity index (χ2n) is 13.3. The number of carbonyl (C=O) groups is 3. The Balaban J connectivity index is 1.15. The summed E-state index contributed by atoms with van der Waals surface area (Å²) < 4.78 is 55.2. The van der Waals surface area contributed by atoms with Crippen molar-refractivity contribution in [1.82, 2.24) is 25.4 Å². The quantitative estimate of drug-likeness (QED) is 0.311. The number of hydrogen-bond donors (Lipinski definition) is 2. The maximum atomic E-state index is 13.9. The van der Waals surface area contributed by atoms with Crippen molar-refractivity contribution in [3.8, 4) is 0 Å². The molecule has 13 heteroatoms. The highest BCUT2D eigenvalue weighted by Crippen LogP contribution is 2.37.